The highest BCUT2D eigenvalue weighted by atomic mass is 16.5. The molecule has 1 aliphatic heterocycles. The zero-order valence-electron chi connectivity index (χ0n) is 9.86. The van der Waals surface area contributed by atoms with Crippen LogP contribution in [0.5, 0.6) is 11.5 Å². The van der Waals surface area contributed by atoms with Gasteiger partial charge in [0.1, 0.15) is 11.5 Å². The Balaban J connectivity index is 2.15. The first-order chi connectivity index (χ1) is 7.66. The van der Waals surface area contributed by atoms with E-state index in [4.69, 9.17) is 4.74 Å². The largest absolute Gasteiger partial charge is 0.508 e. The quantitative estimate of drug-likeness (QED) is 0.822. The monoisotopic (exact) mass is 221 g/mol. The smallest absolute Gasteiger partial charge is 0.123 e. The van der Waals surface area contributed by atoms with E-state index < -0.39 is 0 Å². The first-order valence-corrected chi connectivity index (χ1v) is 5.86. The minimum absolute atomic E-state index is 0.318. The lowest BCUT2D eigenvalue weighted by Crippen LogP contribution is -2.30. The number of benzene rings is 1. The molecule has 0 fully saturated rings. The van der Waals surface area contributed by atoms with Crippen LogP contribution in [0.1, 0.15) is 31.7 Å². The van der Waals surface area contributed by atoms with Gasteiger partial charge in [-0.15, -0.1) is 0 Å². The molecule has 2 N–H and O–H groups in total. The average Bonchev–Trinajstić information content (AvgIpc) is 2.26. The molecular formula is C13H19NO2. The van der Waals surface area contributed by atoms with Crippen LogP contribution in [0, 0.1) is 0 Å². The zero-order valence-corrected chi connectivity index (χ0v) is 9.86. The molecule has 0 saturated heterocycles. The van der Waals surface area contributed by atoms with Gasteiger partial charge in [0, 0.05) is 24.1 Å². The molecule has 0 radical (unpaired) electrons. The van der Waals surface area contributed by atoms with Crippen molar-refractivity contribution in [1.29, 1.82) is 0 Å². The van der Waals surface area contributed by atoms with Crippen molar-refractivity contribution in [3.8, 4) is 11.5 Å². The summed E-state index contributed by atoms with van der Waals surface area (Å²) >= 11 is 0. The molecule has 1 aromatic carbocycles. The predicted molar refractivity (Wildman–Crippen MR) is 64.1 cm³/mol. The molecule has 0 bridgehead atoms. The molecule has 0 spiro atoms. The van der Waals surface area contributed by atoms with Crippen LogP contribution in [0.25, 0.3) is 0 Å². The van der Waals surface area contributed by atoms with Gasteiger partial charge in [-0.2, -0.15) is 0 Å². The third kappa shape index (κ3) is 2.47. The fourth-order valence-electron chi connectivity index (χ4n) is 2.04. The Bertz CT molecular complexity index is 363. The van der Waals surface area contributed by atoms with E-state index in [1.165, 1.54) is 0 Å². The van der Waals surface area contributed by atoms with Gasteiger partial charge < -0.3 is 15.2 Å². The first kappa shape index (κ1) is 11.3. The predicted octanol–water partition coefficient (Wildman–Crippen LogP) is 2.26. The second kappa shape index (κ2) is 4.74. The standard InChI is InChI=1S/C13H19NO2/c1-9(2)14-8-10-5-6-16-13-4-3-11(15)7-12(10)13/h3-4,7,9-10,14-15H,5-6,8H2,1-2H3. The number of aromatic hydroxyl groups is 1. The SMILES string of the molecule is CC(C)NCC1CCOc2ccc(O)cc21. The van der Waals surface area contributed by atoms with Crippen molar-refractivity contribution in [2.24, 2.45) is 0 Å². The minimum atomic E-state index is 0.318. The van der Waals surface area contributed by atoms with E-state index in [9.17, 15) is 5.11 Å². The van der Waals surface area contributed by atoms with Gasteiger partial charge in [0.15, 0.2) is 0 Å². The van der Waals surface area contributed by atoms with E-state index in [2.05, 4.69) is 19.2 Å². The van der Waals surface area contributed by atoms with Crippen molar-refractivity contribution in [3.63, 3.8) is 0 Å². The Kier molecular flexibility index (Phi) is 3.34. The zero-order chi connectivity index (χ0) is 11.5. The van der Waals surface area contributed by atoms with Crippen LogP contribution < -0.4 is 10.1 Å². The van der Waals surface area contributed by atoms with Gasteiger partial charge >= 0.3 is 0 Å². The van der Waals surface area contributed by atoms with Gasteiger partial charge in [0.2, 0.25) is 0 Å². The number of phenolic OH excluding ortho intramolecular Hbond substituents is 1. The summed E-state index contributed by atoms with van der Waals surface area (Å²) < 4.78 is 5.58. The van der Waals surface area contributed by atoms with E-state index in [1.807, 2.05) is 12.1 Å². The van der Waals surface area contributed by atoms with Gasteiger partial charge in [-0.3, -0.25) is 0 Å². The molecule has 1 unspecified atom stereocenters. The van der Waals surface area contributed by atoms with Crippen LogP contribution in [-0.2, 0) is 0 Å². The summed E-state index contributed by atoms with van der Waals surface area (Å²) in [7, 11) is 0. The lowest BCUT2D eigenvalue weighted by molar-refractivity contribution is 0.262. The minimum Gasteiger partial charge on any atom is -0.508 e. The van der Waals surface area contributed by atoms with Crippen LogP contribution in [0.2, 0.25) is 0 Å². The third-order valence-corrected chi connectivity index (χ3v) is 2.93. The second-order valence-corrected chi connectivity index (χ2v) is 4.62. The molecule has 1 aromatic rings. The molecular weight excluding hydrogens is 202 g/mol. The lowest BCUT2D eigenvalue weighted by atomic mass is 9.92. The Hall–Kier alpha value is -1.22. The molecule has 1 aliphatic rings. The highest BCUT2D eigenvalue weighted by Gasteiger charge is 2.21. The summed E-state index contributed by atoms with van der Waals surface area (Å²) in [5.74, 6) is 1.68. The lowest BCUT2D eigenvalue weighted by Gasteiger charge is -2.27. The van der Waals surface area contributed by atoms with Crippen molar-refractivity contribution in [2.75, 3.05) is 13.2 Å². The third-order valence-electron chi connectivity index (χ3n) is 2.93. The molecule has 0 saturated carbocycles. The van der Waals surface area contributed by atoms with Crippen molar-refractivity contribution in [1.82, 2.24) is 5.32 Å². The van der Waals surface area contributed by atoms with Gasteiger partial charge in [-0.1, -0.05) is 13.8 Å². The van der Waals surface area contributed by atoms with Crippen molar-refractivity contribution < 1.29 is 9.84 Å². The molecule has 0 amide bonds. The molecule has 3 nitrogen and oxygen atoms in total. The maximum Gasteiger partial charge on any atom is 0.123 e. The molecule has 3 heteroatoms. The fourth-order valence-corrected chi connectivity index (χ4v) is 2.04. The average molecular weight is 221 g/mol. The topological polar surface area (TPSA) is 41.5 Å². The van der Waals surface area contributed by atoms with Crippen molar-refractivity contribution >= 4 is 0 Å². The van der Waals surface area contributed by atoms with Crippen LogP contribution in [0.3, 0.4) is 0 Å². The summed E-state index contributed by atoms with van der Waals surface area (Å²) in [6, 6.07) is 5.84. The van der Waals surface area contributed by atoms with E-state index in [-0.39, 0.29) is 0 Å². The Morgan fingerprint density at radius 1 is 1.50 bits per heavy atom. The summed E-state index contributed by atoms with van der Waals surface area (Å²) in [5, 5.41) is 12.9. The van der Waals surface area contributed by atoms with Gasteiger partial charge in [-0.05, 0) is 24.6 Å². The maximum atomic E-state index is 9.51. The Morgan fingerprint density at radius 2 is 2.31 bits per heavy atom. The first-order valence-electron chi connectivity index (χ1n) is 5.86. The van der Waals surface area contributed by atoms with E-state index in [0.717, 1.165) is 30.9 Å². The second-order valence-electron chi connectivity index (χ2n) is 4.62. The van der Waals surface area contributed by atoms with Crippen LogP contribution in [0.4, 0.5) is 0 Å². The van der Waals surface area contributed by atoms with Crippen LogP contribution >= 0.6 is 0 Å². The maximum absolute atomic E-state index is 9.51. The molecule has 1 atom stereocenters. The van der Waals surface area contributed by atoms with E-state index >= 15 is 0 Å². The number of rotatable bonds is 3. The molecule has 88 valence electrons. The van der Waals surface area contributed by atoms with Crippen LogP contribution in [0.15, 0.2) is 18.2 Å². The summed E-state index contributed by atoms with van der Waals surface area (Å²) in [5.41, 5.74) is 1.12. The molecule has 0 aromatic heterocycles. The number of hydrogen-bond acceptors (Lipinski definition) is 3. The van der Waals surface area contributed by atoms with Crippen molar-refractivity contribution in [2.45, 2.75) is 32.2 Å². The normalized spacial score (nSPS) is 19.3. The number of ether oxygens (including phenoxy) is 1. The molecule has 1 heterocycles. The highest BCUT2D eigenvalue weighted by Crippen LogP contribution is 2.35. The Labute approximate surface area is 96.4 Å². The molecule has 0 aliphatic carbocycles. The number of fused-ring (bicyclic) bond motifs is 1. The van der Waals surface area contributed by atoms with Crippen molar-refractivity contribution in [3.05, 3.63) is 23.8 Å². The summed E-state index contributed by atoms with van der Waals surface area (Å²) in [6.07, 6.45) is 1.01. The van der Waals surface area contributed by atoms with Gasteiger partial charge in [-0.25, -0.2) is 0 Å². The molecule has 2 rings (SSSR count). The van der Waals surface area contributed by atoms with Gasteiger partial charge in [0.05, 0.1) is 6.61 Å². The van der Waals surface area contributed by atoms with E-state index in [1.54, 1.807) is 6.07 Å². The van der Waals surface area contributed by atoms with Gasteiger partial charge in [0.25, 0.3) is 0 Å². The molecule has 16 heavy (non-hydrogen) atoms. The number of phenols is 1. The van der Waals surface area contributed by atoms with Crippen LogP contribution in [-0.4, -0.2) is 24.3 Å². The number of nitrogens with one attached hydrogen (secondary N) is 1. The number of hydrogen-bond donors (Lipinski definition) is 2. The highest BCUT2D eigenvalue weighted by molar-refractivity contribution is 5.43. The van der Waals surface area contributed by atoms with E-state index in [0.29, 0.717) is 17.7 Å². The summed E-state index contributed by atoms with van der Waals surface area (Å²) in [4.78, 5) is 0. The Morgan fingerprint density at radius 3 is 3.06 bits per heavy atom. The fraction of sp³-hybridized carbons (Fsp3) is 0.538. The summed E-state index contributed by atoms with van der Waals surface area (Å²) in [6.45, 7) is 5.99.